The first kappa shape index (κ1) is 18.8. The van der Waals surface area contributed by atoms with Gasteiger partial charge in [-0.3, -0.25) is 4.79 Å². The Morgan fingerprint density at radius 1 is 1.45 bits per heavy atom. The molecule has 0 aliphatic rings. The van der Waals surface area contributed by atoms with Crippen LogP contribution in [0.5, 0.6) is 0 Å². The van der Waals surface area contributed by atoms with E-state index in [1.54, 1.807) is 11.3 Å². The third-order valence-electron chi connectivity index (χ3n) is 2.07. The van der Waals surface area contributed by atoms with Gasteiger partial charge in [-0.25, -0.2) is 28.2 Å². The zero-order valence-corrected chi connectivity index (χ0v) is 15.0. The normalized spacial score (nSPS) is 10.3. The Balaban J connectivity index is 0.000000396. The van der Waals surface area contributed by atoms with E-state index in [2.05, 4.69) is 17.2 Å². The monoisotopic (exact) mass is 470 g/mol. The van der Waals surface area contributed by atoms with E-state index in [4.69, 9.17) is 5.11 Å². The van der Waals surface area contributed by atoms with Crippen molar-refractivity contribution in [3.05, 3.63) is 46.8 Å². The number of aliphatic hydroxyl groups excluding tert-OH is 1. The summed E-state index contributed by atoms with van der Waals surface area (Å²) in [5, 5.41) is 15.8. The SMILES string of the molecule is CC(=O)/C=C(/C)O.Cc1cc(C)n(-c2[c-]ccs2)n1.[Ir]. The standard InChI is InChI=1S/C9H9N2S.C5H8O2.Ir/c1-7-6-8(2)11(10-7)9-4-3-5-12-9;1-4(6)3-5(2)7;/h3,5-6H,1-2H3;3,6H,1-2H3;/q-1;;/b;4-3-;. The number of aliphatic hydroxyl groups is 1. The number of allylic oxidation sites excluding steroid dienone is 2. The first-order chi connectivity index (χ1) is 8.90. The van der Waals surface area contributed by atoms with Gasteiger partial charge in [-0.2, -0.15) is 10.5 Å². The Kier molecular flexibility index (Phi) is 8.30. The molecule has 2 aromatic heterocycles. The summed E-state index contributed by atoms with van der Waals surface area (Å²) in [7, 11) is 0. The third-order valence-corrected chi connectivity index (χ3v) is 2.85. The summed E-state index contributed by atoms with van der Waals surface area (Å²) >= 11 is 1.65. The Bertz CT molecular complexity index is 570. The molecule has 0 aromatic carbocycles. The van der Waals surface area contributed by atoms with Crippen molar-refractivity contribution in [2.75, 3.05) is 0 Å². The first-order valence-corrected chi connectivity index (χ1v) is 6.64. The molecular weight excluding hydrogens is 452 g/mol. The van der Waals surface area contributed by atoms with E-state index in [-0.39, 0.29) is 31.6 Å². The number of nitrogens with zero attached hydrogens (tertiary/aromatic N) is 2. The zero-order valence-electron chi connectivity index (χ0n) is 11.8. The molecule has 0 amide bonds. The minimum Gasteiger partial charge on any atom is -0.512 e. The number of aryl methyl sites for hydroxylation is 2. The quantitative estimate of drug-likeness (QED) is 0.417. The van der Waals surface area contributed by atoms with Crippen LogP contribution in [-0.4, -0.2) is 20.7 Å². The molecule has 4 nitrogen and oxygen atoms in total. The van der Waals surface area contributed by atoms with E-state index in [1.165, 1.54) is 19.9 Å². The third kappa shape index (κ3) is 6.28. The van der Waals surface area contributed by atoms with Crippen LogP contribution in [-0.2, 0) is 24.9 Å². The van der Waals surface area contributed by atoms with Crippen LogP contribution in [0.1, 0.15) is 25.2 Å². The molecule has 0 spiro atoms. The summed E-state index contributed by atoms with van der Waals surface area (Å²) in [6.07, 6.45) is 1.17. The maximum Gasteiger partial charge on any atom is 0.155 e. The number of hydrogen-bond acceptors (Lipinski definition) is 4. The molecule has 0 unspecified atom stereocenters. The number of aromatic nitrogens is 2. The molecule has 111 valence electrons. The van der Waals surface area contributed by atoms with Crippen molar-refractivity contribution in [1.29, 1.82) is 0 Å². The number of ketones is 1. The maximum absolute atomic E-state index is 10.0. The first-order valence-electron chi connectivity index (χ1n) is 5.77. The van der Waals surface area contributed by atoms with Gasteiger partial charge in [-0.05, 0) is 33.8 Å². The molecule has 2 heterocycles. The molecule has 1 N–H and O–H groups in total. The number of carbonyl (C=O) groups excluding carboxylic acids is 1. The summed E-state index contributed by atoms with van der Waals surface area (Å²) < 4.78 is 1.92. The van der Waals surface area contributed by atoms with E-state index in [0.29, 0.717) is 0 Å². The molecule has 0 saturated carbocycles. The minimum atomic E-state index is -0.125. The molecule has 2 aromatic rings. The van der Waals surface area contributed by atoms with E-state index in [9.17, 15) is 4.79 Å². The number of rotatable bonds is 2. The predicted molar refractivity (Wildman–Crippen MR) is 76.8 cm³/mol. The largest absolute Gasteiger partial charge is 0.512 e. The summed E-state index contributed by atoms with van der Waals surface area (Å²) in [5.74, 6) is -0.0625. The van der Waals surface area contributed by atoms with Crippen molar-refractivity contribution in [3.63, 3.8) is 0 Å². The molecule has 6 heteroatoms. The van der Waals surface area contributed by atoms with E-state index in [1.807, 2.05) is 30.0 Å². The van der Waals surface area contributed by atoms with Gasteiger partial charge in [0.15, 0.2) is 5.78 Å². The minimum absolute atomic E-state index is 0. The van der Waals surface area contributed by atoms with Gasteiger partial charge >= 0.3 is 0 Å². The van der Waals surface area contributed by atoms with E-state index in [0.717, 1.165) is 16.4 Å². The Morgan fingerprint density at radius 2 is 2.10 bits per heavy atom. The summed E-state index contributed by atoms with van der Waals surface area (Å²) in [6.45, 7) is 6.89. The van der Waals surface area contributed by atoms with Gasteiger partial charge in [0.2, 0.25) is 0 Å². The Labute approximate surface area is 136 Å². The van der Waals surface area contributed by atoms with Gasteiger partial charge in [0.1, 0.15) is 0 Å². The number of carbonyl (C=O) groups is 1. The summed E-state index contributed by atoms with van der Waals surface area (Å²) in [5.41, 5.74) is 2.21. The van der Waals surface area contributed by atoms with Crippen LogP contribution in [0.2, 0.25) is 0 Å². The number of hydrogen-bond donors (Lipinski definition) is 1. The summed E-state index contributed by atoms with van der Waals surface area (Å²) in [6, 6.07) is 7.10. The van der Waals surface area contributed by atoms with Crippen LogP contribution in [0.4, 0.5) is 0 Å². The van der Waals surface area contributed by atoms with Gasteiger partial charge in [0, 0.05) is 36.9 Å². The smallest absolute Gasteiger partial charge is 0.155 e. The number of thiophene rings is 1. The van der Waals surface area contributed by atoms with E-state index < -0.39 is 0 Å². The second-order valence-corrected chi connectivity index (χ2v) is 5.00. The Morgan fingerprint density at radius 3 is 2.40 bits per heavy atom. The molecule has 0 bridgehead atoms. The van der Waals surface area contributed by atoms with Crippen molar-refractivity contribution in [3.8, 4) is 5.00 Å². The van der Waals surface area contributed by atoms with Crippen LogP contribution in [0.25, 0.3) is 5.00 Å². The zero-order chi connectivity index (χ0) is 14.4. The molecule has 0 aliphatic heterocycles. The van der Waals surface area contributed by atoms with Crippen LogP contribution in [0, 0.1) is 19.9 Å². The molecule has 20 heavy (non-hydrogen) atoms. The average molecular weight is 470 g/mol. The van der Waals surface area contributed by atoms with E-state index >= 15 is 0 Å². The molecule has 2 rings (SSSR count). The second-order valence-electron chi connectivity index (χ2n) is 4.11. The van der Waals surface area contributed by atoms with Gasteiger partial charge in [0.25, 0.3) is 0 Å². The van der Waals surface area contributed by atoms with Gasteiger partial charge in [-0.1, -0.05) is 0 Å². The molecule has 0 fully saturated rings. The Hall–Kier alpha value is -1.23. The molecule has 0 atom stereocenters. The van der Waals surface area contributed by atoms with Crippen molar-refractivity contribution in [2.45, 2.75) is 27.7 Å². The van der Waals surface area contributed by atoms with Gasteiger partial charge in [0.05, 0.1) is 11.5 Å². The van der Waals surface area contributed by atoms with Crippen molar-refractivity contribution < 1.29 is 30.0 Å². The van der Waals surface area contributed by atoms with Crippen LogP contribution >= 0.6 is 11.3 Å². The molecular formula is C14H17IrN2O2S-. The fourth-order valence-corrected chi connectivity index (χ4v) is 2.16. The maximum atomic E-state index is 10.0. The van der Waals surface area contributed by atoms with Crippen LogP contribution < -0.4 is 0 Å². The van der Waals surface area contributed by atoms with Crippen molar-refractivity contribution in [2.24, 2.45) is 0 Å². The second kappa shape index (κ2) is 8.84. The summed E-state index contributed by atoms with van der Waals surface area (Å²) in [4.78, 5) is 10.0. The van der Waals surface area contributed by atoms with Crippen LogP contribution in [0.3, 0.4) is 0 Å². The fourth-order valence-electron chi connectivity index (χ4n) is 1.48. The van der Waals surface area contributed by atoms with Crippen LogP contribution in [0.15, 0.2) is 29.3 Å². The molecule has 0 aliphatic carbocycles. The fraction of sp³-hybridized carbons (Fsp3) is 0.286. The van der Waals surface area contributed by atoms with Gasteiger partial charge < -0.3 is 5.11 Å². The molecule has 1 radical (unpaired) electrons. The van der Waals surface area contributed by atoms with Crippen molar-refractivity contribution in [1.82, 2.24) is 9.78 Å². The average Bonchev–Trinajstić information content (AvgIpc) is 2.86. The van der Waals surface area contributed by atoms with Crippen molar-refractivity contribution >= 4 is 17.1 Å². The molecule has 0 saturated heterocycles. The predicted octanol–water partition coefficient (Wildman–Crippen LogP) is 3.39. The topological polar surface area (TPSA) is 55.1 Å². The van der Waals surface area contributed by atoms with Gasteiger partial charge in [-0.15, -0.1) is 0 Å².